The highest BCUT2D eigenvalue weighted by atomic mass is 32.2. The maximum Gasteiger partial charge on any atom is 0.264 e. The Morgan fingerprint density at radius 3 is 2.24 bits per heavy atom. The van der Waals surface area contributed by atoms with Gasteiger partial charge >= 0.3 is 0 Å². The van der Waals surface area contributed by atoms with E-state index in [-0.39, 0.29) is 23.4 Å². The first-order valence-corrected chi connectivity index (χ1v) is 14.0. The van der Waals surface area contributed by atoms with Crippen LogP contribution in [0.4, 0.5) is 5.69 Å². The normalized spacial score (nSPS) is 13.5. The summed E-state index contributed by atoms with van der Waals surface area (Å²) >= 11 is 0. The first kappa shape index (κ1) is 24.8. The maximum atomic E-state index is 13.9. The lowest BCUT2D eigenvalue weighted by atomic mass is 10.0. The van der Waals surface area contributed by atoms with Crippen molar-refractivity contribution in [1.82, 2.24) is 5.32 Å². The third kappa shape index (κ3) is 5.30. The fraction of sp³-hybridized carbons (Fsp3) is 0.194. The first-order valence-electron chi connectivity index (χ1n) is 12.6. The highest BCUT2D eigenvalue weighted by Crippen LogP contribution is 2.30. The van der Waals surface area contributed by atoms with Gasteiger partial charge in [0.15, 0.2) is 0 Å². The van der Waals surface area contributed by atoms with Crippen LogP contribution in [0, 0.1) is 0 Å². The summed E-state index contributed by atoms with van der Waals surface area (Å²) in [6.45, 7) is 2.06. The molecule has 188 valence electrons. The van der Waals surface area contributed by atoms with Gasteiger partial charge in [0.2, 0.25) is 0 Å². The van der Waals surface area contributed by atoms with E-state index in [2.05, 4.69) is 23.5 Å². The topological polar surface area (TPSA) is 66.5 Å². The van der Waals surface area contributed by atoms with Crippen LogP contribution in [0.1, 0.15) is 52.0 Å². The Hall–Kier alpha value is -3.90. The monoisotopic (exact) mass is 510 g/mol. The fourth-order valence-electron chi connectivity index (χ4n) is 4.87. The number of anilines is 1. The van der Waals surface area contributed by atoms with Crippen LogP contribution in [-0.2, 0) is 29.4 Å². The molecule has 37 heavy (non-hydrogen) atoms. The van der Waals surface area contributed by atoms with E-state index in [4.69, 9.17) is 0 Å². The number of rotatable bonds is 8. The van der Waals surface area contributed by atoms with Crippen molar-refractivity contribution >= 4 is 21.6 Å². The zero-order valence-electron chi connectivity index (χ0n) is 20.8. The first-order chi connectivity index (χ1) is 17.9. The Bertz CT molecular complexity index is 1500. The lowest BCUT2D eigenvalue weighted by molar-refractivity contribution is 0.0940. The Morgan fingerprint density at radius 2 is 1.49 bits per heavy atom. The molecule has 5 nitrogen and oxygen atoms in total. The molecule has 1 N–H and O–H groups in total. The van der Waals surface area contributed by atoms with Crippen molar-refractivity contribution in [3.8, 4) is 0 Å². The van der Waals surface area contributed by atoms with E-state index in [1.54, 1.807) is 54.6 Å². The Kier molecular flexibility index (Phi) is 7.10. The summed E-state index contributed by atoms with van der Waals surface area (Å²) in [5.74, 6) is -0.315. The molecule has 1 amide bonds. The van der Waals surface area contributed by atoms with Gasteiger partial charge in [-0.1, -0.05) is 78.9 Å². The smallest absolute Gasteiger partial charge is 0.264 e. The van der Waals surface area contributed by atoms with Crippen molar-refractivity contribution in [2.75, 3.05) is 4.31 Å². The molecular weight excluding hydrogens is 480 g/mol. The molecule has 0 bridgehead atoms. The average molecular weight is 511 g/mol. The summed E-state index contributed by atoms with van der Waals surface area (Å²) in [6.07, 6.45) is 3.34. The predicted octanol–water partition coefficient (Wildman–Crippen LogP) is 6.06. The molecule has 0 aliphatic heterocycles. The summed E-state index contributed by atoms with van der Waals surface area (Å²) in [4.78, 5) is 13.7. The summed E-state index contributed by atoms with van der Waals surface area (Å²) in [5.41, 5.74) is 5.25. The Labute approximate surface area is 218 Å². The van der Waals surface area contributed by atoms with Crippen LogP contribution in [0.5, 0.6) is 0 Å². The number of nitrogens with one attached hydrogen (secondary N) is 1. The van der Waals surface area contributed by atoms with E-state index in [0.29, 0.717) is 11.3 Å². The molecule has 0 spiro atoms. The lowest BCUT2D eigenvalue weighted by Gasteiger charge is -2.27. The second-order valence-electron chi connectivity index (χ2n) is 9.40. The summed E-state index contributed by atoms with van der Waals surface area (Å²) in [5, 5.41) is 3.09. The lowest BCUT2D eigenvalue weighted by Crippen LogP contribution is -2.34. The van der Waals surface area contributed by atoms with Gasteiger partial charge in [0, 0.05) is 0 Å². The van der Waals surface area contributed by atoms with Crippen molar-refractivity contribution in [3.05, 3.63) is 131 Å². The van der Waals surface area contributed by atoms with Crippen LogP contribution >= 0.6 is 0 Å². The van der Waals surface area contributed by atoms with Crippen molar-refractivity contribution in [2.45, 2.75) is 43.7 Å². The molecule has 1 atom stereocenters. The third-order valence-corrected chi connectivity index (χ3v) is 8.66. The van der Waals surface area contributed by atoms with Crippen LogP contribution in [0.25, 0.3) is 0 Å². The molecule has 4 aromatic carbocycles. The number of sulfonamides is 1. The molecule has 0 aromatic heterocycles. The number of carbonyl (C=O) groups excluding carboxylic acids is 1. The zero-order valence-corrected chi connectivity index (χ0v) is 21.6. The molecule has 4 aromatic rings. The van der Waals surface area contributed by atoms with Crippen LogP contribution in [0.3, 0.4) is 0 Å². The number of carbonyl (C=O) groups is 1. The standard InChI is InChI=1S/C31H30N2O3S/c1-23(26-20-19-25-13-10-14-27(25)21-26)32-31(34)29-17-8-9-18-30(29)33(22-24-11-4-2-5-12-24)37(35,36)28-15-6-3-7-16-28/h2-9,11-12,15-21,23H,10,13-14,22H2,1H3,(H,32,34). The van der Waals surface area contributed by atoms with E-state index in [1.165, 1.54) is 21.9 Å². The fourth-order valence-corrected chi connectivity index (χ4v) is 6.36. The number of hydrogen-bond acceptors (Lipinski definition) is 3. The van der Waals surface area contributed by atoms with E-state index in [0.717, 1.165) is 24.0 Å². The number of nitrogens with zero attached hydrogens (tertiary/aromatic N) is 1. The molecule has 0 saturated carbocycles. The van der Waals surface area contributed by atoms with E-state index in [1.807, 2.05) is 37.3 Å². The summed E-state index contributed by atoms with van der Waals surface area (Å²) in [6, 6.07) is 30.8. The molecule has 0 radical (unpaired) electrons. The largest absolute Gasteiger partial charge is 0.345 e. The summed E-state index contributed by atoms with van der Waals surface area (Å²) in [7, 11) is -3.94. The van der Waals surface area contributed by atoms with Gasteiger partial charge in [0.25, 0.3) is 15.9 Å². The van der Waals surface area contributed by atoms with Gasteiger partial charge in [0.05, 0.1) is 28.7 Å². The Morgan fingerprint density at radius 1 is 0.838 bits per heavy atom. The van der Waals surface area contributed by atoms with Crippen molar-refractivity contribution in [3.63, 3.8) is 0 Å². The number of aryl methyl sites for hydroxylation is 2. The molecule has 6 heteroatoms. The van der Waals surface area contributed by atoms with Gasteiger partial charge < -0.3 is 5.32 Å². The molecule has 1 aliphatic rings. The number of amides is 1. The number of para-hydroxylation sites is 1. The van der Waals surface area contributed by atoms with Crippen LogP contribution < -0.4 is 9.62 Å². The highest BCUT2D eigenvalue weighted by molar-refractivity contribution is 7.92. The average Bonchev–Trinajstić information content (AvgIpc) is 3.41. The third-order valence-electron chi connectivity index (χ3n) is 6.89. The van der Waals surface area contributed by atoms with Gasteiger partial charge in [0.1, 0.15) is 0 Å². The zero-order chi connectivity index (χ0) is 25.8. The molecular formula is C31H30N2O3S. The molecule has 0 heterocycles. The molecule has 5 rings (SSSR count). The van der Waals surface area contributed by atoms with Crippen LogP contribution in [-0.4, -0.2) is 14.3 Å². The predicted molar refractivity (Wildman–Crippen MR) is 147 cm³/mol. The SMILES string of the molecule is CC(NC(=O)c1ccccc1N(Cc1ccccc1)S(=O)(=O)c1ccccc1)c1ccc2c(c1)CCC2. The second-order valence-corrected chi connectivity index (χ2v) is 11.3. The Balaban J connectivity index is 1.49. The minimum atomic E-state index is -3.94. The van der Waals surface area contributed by atoms with Crippen molar-refractivity contribution in [1.29, 1.82) is 0 Å². The molecule has 0 fully saturated rings. The van der Waals surface area contributed by atoms with Crippen LogP contribution in [0.15, 0.2) is 108 Å². The summed E-state index contributed by atoms with van der Waals surface area (Å²) < 4.78 is 29.0. The van der Waals surface area contributed by atoms with Crippen molar-refractivity contribution < 1.29 is 13.2 Å². The molecule has 1 unspecified atom stereocenters. The minimum absolute atomic E-state index is 0.0999. The number of hydrogen-bond donors (Lipinski definition) is 1. The number of benzene rings is 4. The van der Waals surface area contributed by atoms with E-state index in [9.17, 15) is 13.2 Å². The van der Waals surface area contributed by atoms with E-state index >= 15 is 0 Å². The maximum absolute atomic E-state index is 13.9. The second kappa shape index (κ2) is 10.6. The number of fused-ring (bicyclic) bond motifs is 1. The van der Waals surface area contributed by atoms with Gasteiger partial charge in [-0.25, -0.2) is 8.42 Å². The quantitative estimate of drug-likeness (QED) is 0.313. The van der Waals surface area contributed by atoms with Gasteiger partial charge in [-0.15, -0.1) is 0 Å². The van der Waals surface area contributed by atoms with Gasteiger partial charge in [-0.05, 0) is 72.7 Å². The van der Waals surface area contributed by atoms with E-state index < -0.39 is 10.0 Å². The van der Waals surface area contributed by atoms with Crippen LogP contribution in [0.2, 0.25) is 0 Å². The molecule has 1 aliphatic carbocycles. The van der Waals surface area contributed by atoms with Crippen molar-refractivity contribution in [2.24, 2.45) is 0 Å². The minimum Gasteiger partial charge on any atom is -0.345 e. The van der Waals surface area contributed by atoms with Gasteiger partial charge in [-0.3, -0.25) is 9.10 Å². The molecule has 0 saturated heterocycles. The highest BCUT2D eigenvalue weighted by Gasteiger charge is 2.29. The van der Waals surface area contributed by atoms with Gasteiger partial charge in [-0.2, -0.15) is 0 Å².